The number of hydrogen-bond donors (Lipinski definition) is 2. The minimum Gasteiger partial charge on any atom is -0.464 e. The largest absolute Gasteiger partial charge is 0.470 e. The molecule has 6 nitrogen and oxygen atoms in total. The van der Waals surface area contributed by atoms with Crippen LogP contribution in [-0.4, -0.2) is 28.5 Å². The summed E-state index contributed by atoms with van der Waals surface area (Å²) in [5, 5.41) is 0. The van der Waals surface area contributed by atoms with Crippen molar-refractivity contribution in [2.24, 2.45) is 0 Å². The summed E-state index contributed by atoms with van der Waals surface area (Å²) < 4.78 is 20.8. The Morgan fingerprint density at radius 3 is 1.84 bits per heavy atom. The Bertz CT molecular complexity index is 369. The van der Waals surface area contributed by atoms with E-state index in [0.29, 0.717) is 6.42 Å². The Hall–Kier alpha value is -0.420. The number of phosphoric ester groups is 1. The standard InChI is InChI=1S/C18H37O6P/c1-3-5-7-9-10-11-12-14-16-23-18(19)17(24-25(20,21)22)15-13-8-6-4-2/h17H,3-16H2,1-2H3,(H2,20,21,22). The van der Waals surface area contributed by atoms with Crippen LogP contribution in [0.4, 0.5) is 0 Å². The molecule has 25 heavy (non-hydrogen) atoms. The van der Waals surface area contributed by atoms with Crippen molar-refractivity contribution in [2.75, 3.05) is 6.61 Å². The first kappa shape index (κ1) is 24.6. The monoisotopic (exact) mass is 380 g/mol. The van der Waals surface area contributed by atoms with E-state index in [-0.39, 0.29) is 13.0 Å². The van der Waals surface area contributed by atoms with Gasteiger partial charge in [-0.3, -0.25) is 4.52 Å². The molecule has 0 fully saturated rings. The first-order chi connectivity index (χ1) is 11.9. The molecule has 0 saturated carbocycles. The number of phosphoric acid groups is 1. The predicted octanol–water partition coefficient (Wildman–Crippen LogP) is 5.12. The van der Waals surface area contributed by atoms with Gasteiger partial charge in [0.25, 0.3) is 0 Å². The summed E-state index contributed by atoms with van der Waals surface area (Å²) in [6.45, 7) is 4.55. The van der Waals surface area contributed by atoms with Gasteiger partial charge in [-0.1, -0.05) is 84.5 Å². The van der Waals surface area contributed by atoms with Gasteiger partial charge in [-0.15, -0.1) is 0 Å². The van der Waals surface area contributed by atoms with E-state index in [0.717, 1.165) is 38.5 Å². The number of esters is 1. The maximum absolute atomic E-state index is 12.0. The van der Waals surface area contributed by atoms with Crippen LogP contribution < -0.4 is 0 Å². The maximum Gasteiger partial charge on any atom is 0.470 e. The molecule has 150 valence electrons. The maximum atomic E-state index is 12.0. The molecule has 0 amide bonds. The molecule has 0 heterocycles. The van der Waals surface area contributed by atoms with E-state index in [9.17, 15) is 9.36 Å². The Morgan fingerprint density at radius 1 is 0.840 bits per heavy atom. The van der Waals surface area contributed by atoms with Gasteiger partial charge in [-0.2, -0.15) is 0 Å². The van der Waals surface area contributed by atoms with Crippen LogP contribution in [0.1, 0.15) is 97.3 Å². The molecule has 0 aliphatic heterocycles. The third kappa shape index (κ3) is 16.8. The number of ether oxygens (including phenoxy) is 1. The van der Waals surface area contributed by atoms with Gasteiger partial charge in [0.05, 0.1) is 6.61 Å². The van der Waals surface area contributed by atoms with Crippen LogP contribution in [-0.2, 0) is 18.6 Å². The van der Waals surface area contributed by atoms with Crippen molar-refractivity contribution in [3.05, 3.63) is 0 Å². The molecule has 0 spiro atoms. The molecule has 0 radical (unpaired) electrons. The number of carbonyl (C=O) groups is 1. The topological polar surface area (TPSA) is 93.1 Å². The highest BCUT2D eigenvalue weighted by molar-refractivity contribution is 7.46. The molecule has 0 bridgehead atoms. The Morgan fingerprint density at radius 2 is 1.32 bits per heavy atom. The number of unbranched alkanes of at least 4 members (excludes halogenated alkanes) is 10. The molecular weight excluding hydrogens is 343 g/mol. The third-order valence-corrected chi connectivity index (χ3v) is 4.62. The highest BCUT2D eigenvalue weighted by atomic mass is 31.2. The second-order valence-electron chi connectivity index (χ2n) is 6.58. The summed E-state index contributed by atoms with van der Waals surface area (Å²) in [7, 11) is -4.70. The van der Waals surface area contributed by atoms with Gasteiger partial charge in [0.15, 0.2) is 6.10 Å². The molecule has 0 aromatic heterocycles. The van der Waals surface area contributed by atoms with Crippen LogP contribution in [0.25, 0.3) is 0 Å². The van der Waals surface area contributed by atoms with Crippen molar-refractivity contribution in [1.82, 2.24) is 0 Å². The van der Waals surface area contributed by atoms with Crippen molar-refractivity contribution < 1.29 is 28.4 Å². The zero-order chi connectivity index (χ0) is 19.0. The average Bonchev–Trinajstić information content (AvgIpc) is 2.55. The molecule has 0 aliphatic carbocycles. The lowest BCUT2D eigenvalue weighted by Gasteiger charge is -2.17. The van der Waals surface area contributed by atoms with Gasteiger partial charge in [0.2, 0.25) is 0 Å². The van der Waals surface area contributed by atoms with E-state index in [1.165, 1.54) is 32.1 Å². The lowest BCUT2D eigenvalue weighted by atomic mass is 10.1. The lowest BCUT2D eigenvalue weighted by molar-refractivity contribution is -0.153. The summed E-state index contributed by atoms with van der Waals surface area (Å²) >= 11 is 0. The molecule has 1 atom stereocenters. The van der Waals surface area contributed by atoms with Crippen LogP contribution in [0.15, 0.2) is 0 Å². The number of hydrogen-bond acceptors (Lipinski definition) is 4. The molecule has 0 aromatic rings. The van der Waals surface area contributed by atoms with Crippen molar-refractivity contribution in [2.45, 2.75) is 103 Å². The van der Waals surface area contributed by atoms with Crippen LogP contribution in [0, 0.1) is 0 Å². The van der Waals surface area contributed by atoms with Gasteiger partial charge in [-0.05, 0) is 12.8 Å². The molecule has 2 N–H and O–H groups in total. The first-order valence-electron chi connectivity index (χ1n) is 9.81. The third-order valence-electron chi connectivity index (χ3n) is 4.09. The Kier molecular flexibility index (Phi) is 15.5. The average molecular weight is 380 g/mol. The van der Waals surface area contributed by atoms with Crippen molar-refractivity contribution >= 4 is 13.8 Å². The summed E-state index contributed by atoms with van der Waals surface area (Å²) in [5.41, 5.74) is 0. The van der Waals surface area contributed by atoms with Crippen LogP contribution in [0.3, 0.4) is 0 Å². The van der Waals surface area contributed by atoms with E-state index >= 15 is 0 Å². The van der Waals surface area contributed by atoms with Crippen molar-refractivity contribution in [3.8, 4) is 0 Å². The smallest absolute Gasteiger partial charge is 0.464 e. The fourth-order valence-corrected chi connectivity index (χ4v) is 3.16. The highest BCUT2D eigenvalue weighted by Gasteiger charge is 2.28. The molecule has 0 rings (SSSR count). The van der Waals surface area contributed by atoms with Crippen molar-refractivity contribution in [1.29, 1.82) is 0 Å². The second kappa shape index (κ2) is 15.8. The van der Waals surface area contributed by atoms with E-state index in [2.05, 4.69) is 18.4 Å². The predicted molar refractivity (Wildman–Crippen MR) is 99.2 cm³/mol. The molecule has 0 saturated heterocycles. The quantitative estimate of drug-likeness (QED) is 0.207. The SMILES string of the molecule is CCCCCCCCCCOC(=O)C(CCCCCC)OP(=O)(O)O. The van der Waals surface area contributed by atoms with E-state index in [1.807, 2.05) is 0 Å². The molecule has 7 heteroatoms. The van der Waals surface area contributed by atoms with Gasteiger partial charge >= 0.3 is 13.8 Å². The van der Waals surface area contributed by atoms with E-state index < -0.39 is 19.9 Å². The lowest BCUT2D eigenvalue weighted by Crippen LogP contribution is -2.26. The Labute approximate surface area is 152 Å². The van der Waals surface area contributed by atoms with Gasteiger partial charge in [-0.25, -0.2) is 9.36 Å². The molecule has 1 unspecified atom stereocenters. The number of carbonyl (C=O) groups excluding carboxylic acids is 1. The van der Waals surface area contributed by atoms with Crippen LogP contribution >= 0.6 is 7.82 Å². The zero-order valence-corrected chi connectivity index (χ0v) is 16.8. The number of rotatable bonds is 17. The minimum absolute atomic E-state index is 0.279. The second-order valence-corrected chi connectivity index (χ2v) is 7.77. The van der Waals surface area contributed by atoms with E-state index in [1.54, 1.807) is 0 Å². The van der Waals surface area contributed by atoms with Gasteiger partial charge in [0, 0.05) is 0 Å². The van der Waals surface area contributed by atoms with Gasteiger partial charge in [0.1, 0.15) is 0 Å². The zero-order valence-electron chi connectivity index (χ0n) is 16.0. The first-order valence-corrected chi connectivity index (χ1v) is 11.3. The van der Waals surface area contributed by atoms with Crippen molar-refractivity contribution in [3.63, 3.8) is 0 Å². The summed E-state index contributed by atoms with van der Waals surface area (Å²) in [6.07, 6.45) is 11.9. The van der Waals surface area contributed by atoms with Gasteiger partial charge < -0.3 is 14.5 Å². The molecular formula is C18H37O6P. The van der Waals surface area contributed by atoms with E-state index in [4.69, 9.17) is 14.5 Å². The molecule has 0 aliphatic rings. The summed E-state index contributed by atoms with van der Waals surface area (Å²) in [4.78, 5) is 29.9. The Balaban J connectivity index is 3.94. The fourth-order valence-electron chi connectivity index (χ4n) is 2.64. The normalized spacial score (nSPS) is 13.0. The summed E-state index contributed by atoms with van der Waals surface area (Å²) in [5.74, 6) is -0.664. The highest BCUT2D eigenvalue weighted by Crippen LogP contribution is 2.38. The van der Waals surface area contributed by atoms with Crippen LogP contribution in [0.5, 0.6) is 0 Å². The molecule has 0 aromatic carbocycles. The fraction of sp³-hybridized carbons (Fsp3) is 0.944. The minimum atomic E-state index is -4.70. The van der Waals surface area contributed by atoms with Crippen LogP contribution in [0.2, 0.25) is 0 Å². The summed E-state index contributed by atoms with van der Waals surface area (Å²) in [6, 6.07) is 0.